The van der Waals surface area contributed by atoms with Gasteiger partial charge in [-0.3, -0.25) is 9.59 Å². The van der Waals surface area contributed by atoms with Crippen molar-refractivity contribution in [1.29, 1.82) is 0 Å². The second-order valence-corrected chi connectivity index (χ2v) is 9.76. The molecule has 1 unspecified atom stereocenters. The molecule has 1 atom stereocenters. The average Bonchev–Trinajstić information content (AvgIpc) is 3.11. The van der Waals surface area contributed by atoms with Crippen LogP contribution in [0.4, 0.5) is 0 Å². The number of hydrogen-bond donors (Lipinski definition) is 1. The number of likely N-dealkylation sites (tertiary alicyclic amines) is 1. The molecule has 1 amide bonds. The number of ether oxygens (including phenoxy) is 3. The van der Waals surface area contributed by atoms with E-state index in [0.717, 1.165) is 6.42 Å². The number of carbonyl (C=O) groups excluding carboxylic acids is 2. The molecule has 0 bridgehead atoms. The van der Waals surface area contributed by atoms with Gasteiger partial charge in [0, 0.05) is 18.7 Å². The van der Waals surface area contributed by atoms with Crippen molar-refractivity contribution in [3.63, 3.8) is 0 Å². The van der Waals surface area contributed by atoms with Gasteiger partial charge in [-0.15, -0.1) is 0 Å². The van der Waals surface area contributed by atoms with Gasteiger partial charge >= 0.3 is 0 Å². The molecule has 8 nitrogen and oxygen atoms in total. The van der Waals surface area contributed by atoms with E-state index in [1.165, 1.54) is 4.90 Å². The Kier molecular flexibility index (Phi) is 7.84. The monoisotopic (exact) mass is 494 g/mol. The number of Topliss-reactive ketones (excluding diaryl/α,β-unsaturated/α-hetero) is 1. The third-order valence-electron chi connectivity index (χ3n) is 6.28. The van der Waals surface area contributed by atoms with Crippen LogP contribution in [0.3, 0.4) is 0 Å². The quantitative estimate of drug-likeness (QED) is 0.322. The average molecular weight is 495 g/mol. The first-order valence-electron chi connectivity index (χ1n) is 12.3. The maximum Gasteiger partial charge on any atom is 0.295 e. The predicted molar refractivity (Wildman–Crippen MR) is 136 cm³/mol. The van der Waals surface area contributed by atoms with E-state index in [1.807, 2.05) is 43.3 Å². The summed E-state index contributed by atoms with van der Waals surface area (Å²) in [6.07, 6.45) is 0.912. The molecule has 2 aliphatic heterocycles. The lowest BCUT2D eigenvalue weighted by Gasteiger charge is -2.27. The zero-order valence-electron chi connectivity index (χ0n) is 21.3. The number of benzene rings is 2. The van der Waals surface area contributed by atoms with Gasteiger partial charge < -0.3 is 29.1 Å². The van der Waals surface area contributed by atoms with Crippen LogP contribution in [0.2, 0.25) is 0 Å². The maximum absolute atomic E-state index is 13.3. The summed E-state index contributed by atoms with van der Waals surface area (Å²) < 4.78 is 17.2. The highest BCUT2D eigenvalue weighted by molar-refractivity contribution is 6.46. The molecule has 2 heterocycles. The number of fused-ring (bicyclic) bond motifs is 1. The summed E-state index contributed by atoms with van der Waals surface area (Å²) in [7, 11) is 3.81. The largest absolute Gasteiger partial charge is 0.507 e. The molecule has 2 aromatic rings. The molecule has 0 aliphatic carbocycles. The van der Waals surface area contributed by atoms with Crippen LogP contribution in [0.25, 0.3) is 5.76 Å². The lowest BCUT2D eigenvalue weighted by atomic mass is 9.95. The van der Waals surface area contributed by atoms with Crippen LogP contribution in [-0.4, -0.2) is 73.6 Å². The highest BCUT2D eigenvalue weighted by Crippen LogP contribution is 2.41. The van der Waals surface area contributed by atoms with Gasteiger partial charge in [0.1, 0.15) is 24.7 Å². The molecular weight excluding hydrogens is 460 g/mol. The molecule has 4 rings (SSSR count). The number of nitrogens with zero attached hydrogens (tertiary/aromatic N) is 2. The fraction of sp³-hybridized carbons (Fsp3) is 0.429. The van der Waals surface area contributed by atoms with E-state index in [9.17, 15) is 14.7 Å². The first-order chi connectivity index (χ1) is 17.3. The Morgan fingerprint density at radius 3 is 2.58 bits per heavy atom. The van der Waals surface area contributed by atoms with E-state index in [4.69, 9.17) is 14.2 Å². The molecule has 2 aromatic carbocycles. The number of ketones is 1. The SMILES string of the molecule is CC(C)CCOc1cccc(C2C(=C(O)c3ccc4c(c3)OCCO4)C(=O)C(=O)N2CCN(C)C)c1. The predicted octanol–water partition coefficient (Wildman–Crippen LogP) is 3.87. The fourth-order valence-electron chi connectivity index (χ4n) is 4.30. The number of carbonyl (C=O) groups is 2. The van der Waals surface area contributed by atoms with Gasteiger partial charge in [0.25, 0.3) is 11.7 Å². The lowest BCUT2D eigenvalue weighted by Crippen LogP contribution is -2.35. The molecule has 2 aliphatic rings. The van der Waals surface area contributed by atoms with E-state index >= 15 is 0 Å². The number of hydrogen-bond acceptors (Lipinski definition) is 7. The Bertz CT molecular complexity index is 1160. The van der Waals surface area contributed by atoms with Crippen molar-refractivity contribution >= 4 is 17.4 Å². The lowest BCUT2D eigenvalue weighted by molar-refractivity contribution is -0.140. The Morgan fingerprint density at radius 2 is 1.86 bits per heavy atom. The summed E-state index contributed by atoms with van der Waals surface area (Å²) in [5.74, 6) is 0.650. The number of aliphatic hydroxyl groups excluding tert-OH is 1. The molecular formula is C28H34N2O6. The van der Waals surface area contributed by atoms with Crippen LogP contribution in [0.15, 0.2) is 48.0 Å². The van der Waals surface area contributed by atoms with Crippen LogP contribution in [-0.2, 0) is 9.59 Å². The third kappa shape index (κ3) is 5.49. The molecule has 1 fully saturated rings. The summed E-state index contributed by atoms with van der Waals surface area (Å²) >= 11 is 0. The van der Waals surface area contributed by atoms with Gasteiger partial charge in [0.2, 0.25) is 0 Å². The smallest absolute Gasteiger partial charge is 0.295 e. The van der Waals surface area contributed by atoms with Gasteiger partial charge in [-0.05, 0) is 62.3 Å². The zero-order chi connectivity index (χ0) is 25.8. The normalized spacial score (nSPS) is 18.8. The van der Waals surface area contributed by atoms with Crippen molar-refractivity contribution < 1.29 is 28.9 Å². The first kappa shape index (κ1) is 25.6. The Labute approximate surface area is 212 Å². The van der Waals surface area contributed by atoms with Crippen molar-refractivity contribution in [3.8, 4) is 17.2 Å². The van der Waals surface area contributed by atoms with E-state index in [-0.39, 0.29) is 11.3 Å². The minimum absolute atomic E-state index is 0.0507. The van der Waals surface area contributed by atoms with Gasteiger partial charge in [0.05, 0.1) is 18.2 Å². The zero-order valence-corrected chi connectivity index (χ0v) is 21.3. The van der Waals surface area contributed by atoms with Crippen molar-refractivity contribution in [1.82, 2.24) is 9.80 Å². The summed E-state index contributed by atoms with van der Waals surface area (Å²) in [6.45, 7) is 6.59. The second kappa shape index (κ2) is 11.0. The Morgan fingerprint density at radius 1 is 1.11 bits per heavy atom. The minimum atomic E-state index is -0.744. The van der Waals surface area contributed by atoms with Gasteiger partial charge in [0.15, 0.2) is 11.5 Å². The van der Waals surface area contributed by atoms with Crippen LogP contribution in [0, 0.1) is 5.92 Å². The Hall–Kier alpha value is -3.52. The summed E-state index contributed by atoms with van der Waals surface area (Å²) in [5.41, 5.74) is 1.14. The third-order valence-corrected chi connectivity index (χ3v) is 6.28. The van der Waals surface area contributed by atoms with Crippen LogP contribution in [0.5, 0.6) is 17.2 Å². The van der Waals surface area contributed by atoms with E-state index in [1.54, 1.807) is 18.2 Å². The molecule has 0 spiro atoms. The fourth-order valence-corrected chi connectivity index (χ4v) is 4.30. The van der Waals surface area contributed by atoms with E-state index in [2.05, 4.69) is 13.8 Å². The van der Waals surface area contributed by atoms with E-state index in [0.29, 0.717) is 67.2 Å². The Balaban J connectivity index is 1.75. The molecule has 8 heteroatoms. The van der Waals surface area contributed by atoms with Crippen LogP contribution < -0.4 is 14.2 Å². The number of aliphatic hydroxyl groups is 1. The van der Waals surface area contributed by atoms with Crippen molar-refractivity contribution in [2.24, 2.45) is 5.92 Å². The van der Waals surface area contributed by atoms with Gasteiger partial charge in [-0.25, -0.2) is 0 Å². The summed E-state index contributed by atoms with van der Waals surface area (Å²) in [6, 6.07) is 11.7. The number of amides is 1. The summed E-state index contributed by atoms with van der Waals surface area (Å²) in [4.78, 5) is 29.9. The van der Waals surface area contributed by atoms with E-state index < -0.39 is 17.7 Å². The topological polar surface area (TPSA) is 88.5 Å². The molecule has 36 heavy (non-hydrogen) atoms. The van der Waals surface area contributed by atoms with Crippen molar-refractivity contribution in [2.45, 2.75) is 26.3 Å². The van der Waals surface area contributed by atoms with Crippen molar-refractivity contribution in [2.75, 3.05) is 47.0 Å². The highest BCUT2D eigenvalue weighted by atomic mass is 16.6. The molecule has 0 aromatic heterocycles. The molecule has 1 saturated heterocycles. The second-order valence-electron chi connectivity index (χ2n) is 9.76. The first-order valence-corrected chi connectivity index (χ1v) is 12.3. The van der Waals surface area contributed by atoms with Crippen molar-refractivity contribution in [3.05, 3.63) is 59.2 Å². The number of likely N-dealkylation sites (N-methyl/N-ethyl adjacent to an activating group) is 1. The van der Waals surface area contributed by atoms with Gasteiger partial charge in [-0.2, -0.15) is 0 Å². The number of rotatable bonds is 9. The van der Waals surface area contributed by atoms with Gasteiger partial charge in [-0.1, -0.05) is 26.0 Å². The molecule has 0 radical (unpaired) electrons. The minimum Gasteiger partial charge on any atom is -0.507 e. The molecule has 0 saturated carbocycles. The summed E-state index contributed by atoms with van der Waals surface area (Å²) in [5, 5.41) is 11.4. The molecule has 192 valence electrons. The maximum atomic E-state index is 13.3. The standard InChI is InChI=1S/C28H34N2O6/c1-18(2)10-13-34-21-7-5-6-19(16-21)25-24(27(32)28(33)30(25)12-11-29(3)4)26(31)20-8-9-22-23(17-20)36-15-14-35-22/h5-9,16-18,25,31H,10-15H2,1-4H3. The van der Waals surface area contributed by atoms with Crippen LogP contribution >= 0.6 is 0 Å². The van der Waals surface area contributed by atoms with Crippen LogP contribution in [0.1, 0.15) is 37.4 Å². The molecule has 1 N–H and O–H groups in total. The highest BCUT2D eigenvalue weighted by Gasteiger charge is 2.46.